The van der Waals surface area contributed by atoms with Gasteiger partial charge in [-0.15, -0.1) is 0 Å². The lowest BCUT2D eigenvalue weighted by Crippen LogP contribution is -2.33. The van der Waals surface area contributed by atoms with Crippen LogP contribution in [0.5, 0.6) is 0 Å². The van der Waals surface area contributed by atoms with E-state index < -0.39 is 0 Å². The zero-order valence-corrected chi connectivity index (χ0v) is 11.4. The smallest absolute Gasteiger partial charge is 0.307 e. The number of nitrogens with zero attached hydrogens (tertiary/aromatic N) is 2. The quantitative estimate of drug-likeness (QED) is 0.693. The Labute approximate surface area is 109 Å². The number of carbonyl (C=O) groups excluding carboxylic acids is 1. The number of carbonyl (C=O) groups is 1. The minimum absolute atomic E-state index is 0.124. The molecule has 0 aliphatic rings. The van der Waals surface area contributed by atoms with Crippen molar-refractivity contribution in [2.75, 3.05) is 20.2 Å². The summed E-state index contributed by atoms with van der Waals surface area (Å²) in [6, 6.07) is 4.24. The zero-order chi connectivity index (χ0) is 13.4. The maximum atomic E-state index is 11.4. The van der Waals surface area contributed by atoms with E-state index in [9.17, 15) is 4.79 Å². The standard InChI is InChI=1S/C14H22N2O2/c1-4-18-14(17)11-12(2)16(3)10-7-13-5-8-15-9-6-13/h5-6,8-9,12H,4,7,10-11H2,1-3H3. The van der Waals surface area contributed by atoms with E-state index in [1.54, 1.807) is 12.4 Å². The molecule has 0 radical (unpaired) electrons. The number of likely N-dealkylation sites (N-methyl/N-ethyl adjacent to an activating group) is 1. The molecular weight excluding hydrogens is 228 g/mol. The number of rotatable bonds is 7. The van der Waals surface area contributed by atoms with Gasteiger partial charge in [-0.05, 0) is 45.0 Å². The molecule has 1 aromatic rings. The lowest BCUT2D eigenvalue weighted by molar-refractivity contribution is -0.144. The topological polar surface area (TPSA) is 42.4 Å². The fourth-order valence-electron chi connectivity index (χ4n) is 1.69. The SMILES string of the molecule is CCOC(=O)CC(C)N(C)CCc1ccncc1. The van der Waals surface area contributed by atoms with E-state index in [4.69, 9.17) is 4.74 Å². The van der Waals surface area contributed by atoms with Crippen molar-refractivity contribution >= 4 is 5.97 Å². The second kappa shape index (κ2) is 7.82. The molecule has 0 spiro atoms. The van der Waals surface area contributed by atoms with Gasteiger partial charge in [-0.1, -0.05) is 0 Å². The Morgan fingerprint density at radius 1 is 1.44 bits per heavy atom. The molecule has 0 saturated carbocycles. The molecule has 0 saturated heterocycles. The van der Waals surface area contributed by atoms with Gasteiger partial charge in [0.05, 0.1) is 13.0 Å². The summed E-state index contributed by atoms with van der Waals surface area (Å²) in [7, 11) is 2.03. The second-order valence-corrected chi connectivity index (χ2v) is 4.44. The summed E-state index contributed by atoms with van der Waals surface area (Å²) in [6.45, 7) is 5.25. The van der Waals surface area contributed by atoms with Crippen LogP contribution in [0, 0.1) is 0 Å². The molecule has 0 aliphatic carbocycles. The summed E-state index contributed by atoms with van der Waals surface area (Å²) in [5, 5.41) is 0. The number of hydrogen-bond donors (Lipinski definition) is 0. The molecule has 0 amide bonds. The average molecular weight is 250 g/mol. The van der Waals surface area contributed by atoms with Gasteiger partial charge in [-0.2, -0.15) is 0 Å². The number of pyridine rings is 1. The fourth-order valence-corrected chi connectivity index (χ4v) is 1.69. The van der Waals surface area contributed by atoms with Crippen LogP contribution in [-0.4, -0.2) is 42.1 Å². The van der Waals surface area contributed by atoms with Crippen molar-refractivity contribution in [3.05, 3.63) is 30.1 Å². The molecule has 4 heteroatoms. The van der Waals surface area contributed by atoms with E-state index in [1.165, 1.54) is 5.56 Å². The van der Waals surface area contributed by atoms with Crippen LogP contribution in [0.4, 0.5) is 0 Å². The van der Waals surface area contributed by atoms with Crippen molar-refractivity contribution in [3.8, 4) is 0 Å². The normalized spacial score (nSPS) is 12.4. The lowest BCUT2D eigenvalue weighted by atomic mass is 10.1. The Bertz CT molecular complexity index is 354. The van der Waals surface area contributed by atoms with Gasteiger partial charge in [-0.3, -0.25) is 9.78 Å². The third-order valence-electron chi connectivity index (χ3n) is 3.02. The first kappa shape index (κ1) is 14.6. The van der Waals surface area contributed by atoms with E-state index in [2.05, 4.69) is 9.88 Å². The van der Waals surface area contributed by atoms with Crippen LogP contribution in [0.15, 0.2) is 24.5 Å². The van der Waals surface area contributed by atoms with Gasteiger partial charge in [0.1, 0.15) is 0 Å². The molecule has 1 rings (SSSR count). The third kappa shape index (κ3) is 5.27. The summed E-state index contributed by atoms with van der Waals surface area (Å²) >= 11 is 0. The predicted molar refractivity (Wildman–Crippen MR) is 71.3 cm³/mol. The van der Waals surface area contributed by atoms with E-state index in [-0.39, 0.29) is 12.0 Å². The van der Waals surface area contributed by atoms with Crippen molar-refractivity contribution in [2.45, 2.75) is 32.7 Å². The highest BCUT2D eigenvalue weighted by molar-refractivity contribution is 5.69. The number of hydrogen-bond acceptors (Lipinski definition) is 4. The molecule has 18 heavy (non-hydrogen) atoms. The first-order valence-electron chi connectivity index (χ1n) is 6.38. The van der Waals surface area contributed by atoms with Crippen molar-refractivity contribution in [3.63, 3.8) is 0 Å². The van der Waals surface area contributed by atoms with Crippen LogP contribution < -0.4 is 0 Å². The molecule has 0 N–H and O–H groups in total. The van der Waals surface area contributed by atoms with Crippen LogP contribution in [0.2, 0.25) is 0 Å². The van der Waals surface area contributed by atoms with Gasteiger partial charge < -0.3 is 9.64 Å². The highest BCUT2D eigenvalue weighted by Gasteiger charge is 2.14. The third-order valence-corrected chi connectivity index (χ3v) is 3.02. The van der Waals surface area contributed by atoms with Crippen molar-refractivity contribution in [1.29, 1.82) is 0 Å². The van der Waals surface area contributed by atoms with Crippen LogP contribution in [0.25, 0.3) is 0 Å². The van der Waals surface area contributed by atoms with Crippen LogP contribution in [-0.2, 0) is 16.0 Å². The van der Waals surface area contributed by atoms with E-state index >= 15 is 0 Å². The lowest BCUT2D eigenvalue weighted by Gasteiger charge is -2.23. The minimum Gasteiger partial charge on any atom is -0.466 e. The zero-order valence-electron chi connectivity index (χ0n) is 11.4. The molecule has 1 heterocycles. The monoisotopic (exact) mass is 250 g/mol. The van der Waals surface area contributed by atoms with Crippen molar-refractivity contribution in [1.82, 2.24) is 9.88 Å². The second-order valence-electron chi connectivity index (χ2n) is 4.44. The van der Waals surface area contributed by atoms with Gasteiger partial charge in [-0.25, -0.2) is 0 Å². The molecule has 100 valence electrons. The average Bonchev–Trinajstić information content (AvgIpc) is 2.37. The molecular formula is C14H22N2O2. The van der Waals surface area contributed by atoms with Crippen molar-refractivity contribution in [2.24, 2.45) is 0 Å². The maximum absolute atomic E-state index is 11.4. The summed E-state index contributed by atoms with van der Waals surface area (Å²) in [5.74, 6) is -0.124. The van der Waals surface area contributed by atoms with E-state index in [1.807, 2.05) is 33.0 Å². The maximum Gasteiger partial charge on any atom is 0.307 e. The van der Waals surface area contributed by atoms with Crippen LogP contribution >= 0.6 is 0 Å². The summed E-state index contributed by atoms with van der Waals surface area (Å²) in [6.07, 6.45) is 5.02. The molecule has 1 unspecified atom stereocenters. The molecule has 1 atom stereocenters. The van der Waals surface area contributed by atoms with E-state index in [0.717, 1.165) is 13.0 Å². The number of aromatic nitrogens is 1. The van der Waals surface area contributed by atoms with Gasteiger partial charge in [0.2, 0.25) is 0 Å². The summed E-state index contributed by atoms with van der Waals surface area (Å²) < 4.78 is 4.95. The molecule has 0 fully saturated rings. The van der Waals surface area contributed by atoms with Crippen molar-refractivity contribution < 1.29 is 9.53 Å². The summed E-state index contributed by atoms with van der Waals surface area (Å²) in [4.78, 5) is 17.5. The molecule has 1 aromatic heterocycles. The van der Waals surface area contributed by atoms with Gasteiger partial charge >= 0.3 is 5.97 Å². The predicted octanol–water partition coefficient (Wildman–Crippen LogP) is 1.90. The number of esters is 1. The molecule has 0 bridgehead atoms. The fraction of sp³-hybridized carbons (Fsp3) is 0.571. The Morgan fingerprint density at radius 3 is 2.72 bits per heavy atom. The van der Waals surface area contributed by atoms with Crippen LogP contribution in [0.3, 0.4) is 0 Å². The highest BCUT2D eigenvalue weighted by atomic mass is 16.5. The Morgan fingerprint density at radius 2 is 2.11 bits per heavy atom. The Balaban J connectivity index is 2.31. The van der Waals surface area contributed by atoms with Gasteiger partial charge in [0, 0.05) is 25.0 Å². The van der Waals surface area contributed by atoms with Crippen LogP contribution in [0.1, 0.15) is 25.8 Å². The molecule has 4 nitrogen and oxygen atoms in total. The largest absolute Gasteiger partial charge is 0.466 e. The first-order valence-corrected chi connectivity index (χ1v) is 6.38. The highest BCUT2D eigenvalue weighted by Crippen LogP contribution is 2.05. The summed E-state index contributed by atoms with van der Waals surface area (Å²) in [5.41, 5.74) is 1.26. The first-order chi connectivity index (χ1) is 8.63. The van der Waals surface area contributed by atoms with Gasteiger partial charge in [0.15, 0.2) is 0 Å². The molecule has 0 aliphatic heterocycles. The Hall–Kier alpha value is -1.42. The number of ether oxygens (including phenoxy) is 1. The van der Waals surface area contributed by atoms with E-state index in [0.29, 0.717) is 13.0 Å². The van der Waals surface area contributed by atoms with Gasteiger partial charge in [0.25, 0.3) is 0 Å². The molecule has 0 aromatic carbocycles. The Kier molecular flexibility index (Phi) is 6.36. The minimum atomic E-state index is -0.124.